The number of amides is 2. The second kappa shape index (κ2) is 8.17. The number of rotatable bonds is 7. The minimum Gasteiger partial charge on any atom is -0.340 e. The summed E-state index contributed by atoms with van der Waals surface area (Å²) in [6.07, 6.45) is 8.23. The predicted molar refractivity (Wildman–Crippen MR) is 109 cm³/mol. The zero-order chi connectivity index (χ0) is 21.0. The number of hydrogen-bond acceptors (Lipinski definition) is 5. The number of carbonyl (C=O) groups is 2. The van der Waals surface area contributed by atoms with Gasteiger partial charge in [0.1, 0.15) is 11.6 Å². The van der Waals surface area contributed by atoms with Crippen LogP contribution in [0.4, 0.5) is 0 Å². The molecule has 3 aromatic rings. The number of aromatic nitrogens is 3. The largest absolute Gasteiger partial charge is 0.340 e. The summed E-state index contributed by atoms with van der Waals surface area (Å²) in [5.41, 5.74) is 2.13. The number of hydrogen-bond donors (Lipinski definition) is 3. The van der Waals surface area contributed by atoms with Crippen molar-refractivity contribution in [3.8, 4) is 17.2 Å². The lowest BCUT2D eigenvalue weighted by Gasteiger charge is -2.20. The molecule has 1 fully saturated rings. The van der Waals surface area contributed by atoms with Gasteiger partial charge in [0.25, 0.3) is 5.91 Å². The molecule has 0 saturated heterocycles. The van der Waals surface area contributed by atoms with E-state index in [-0.39, 0.29) is 18.2 Å². The van der Waals surface area contributed by atoms with Crippen LogP contribution >= 0.6 is 0 Å². The van der Waals surface area contributed by atoms with Gasteiger partial charge in [-0.3, -0.25) is 19.7 Å². The molecule has 1 saturated carbocycles. The molecule has 8 nitrogen and oxygen atoms in total. The normalized spacial score (nSPS) is 14.9. The topological polar surface area (TPSA) is 124 Å². The average Bonchev–Trinajstić information content (AvgIpc) is 3.33. The third kappa shape index (κ3) is 4.36. The second-order valence-corrected chi connectivity index (χ2v) is 7.34. The smallest absolute Gasteiger partial charge is 0.251 e. The van der Waals surface area contributed by atoms with Crippen molar-refractivity contribution in [3.63, 3.8) is 0 Å². The molecule has 0 radical (unpaired) electrons. The summed E-state index contributed by atoms with van der Waals surface area (Å²) in [6, 6.07) is 12.0. The van der Waals surface area contributed by atoms with E-state index in [0.29, 0.717) is 18.4 Å². The summed E-state index contributed by atoms with van der Waals surface area (Å²) in [6.45, 7) is 0. The van der Waals surface area contributed by atoms with Gasteiger partial charge in [-0.1, -0.05) is 18.2 Å². The van der Waals surface area contributed by atoms with Crippen LogP contribution in [0.25, 0.3) is 11.1 Å². The molecule has 3 N–H and O–H groups in total. The lowest BCUT2D eigenvalue weighted by Crippen LogP contribution is -2.51. The predicted octanol–water partition coefficient (Wildman–Crippen LogP) is 1.99. The van der Waals surface area contributed by atoms with Crippen molar-refractivity contribution in [3.05, 3.63) is 72.3 Å². The van der Waals surface area contributed by atoms with Gasteiger partial charge in [0.05, 0.1) is 12.3 Å². The number of carbonyl (C=O) groups excluding carboxylic acids is 2. The Morgan fingerprint density at radius 1 is 1.20 bits per heavy atom. The van der Waals surface area contributed by atoms with Gasteiger partial charge in [-0.15, -0.1) is 0 Å². The van der Waals surface area contributed by atoms with Crippen LogP contribution in [0, 0.1) is 11.3 Å². The summed E-state index contributed by atoms with van der Waals surface area (Å²) in [4.78, 5) is 29.9. The maximum absolute atomic E-state index is 12.9. The van der Waals surface area contributed by atoms with Crippen LogP contribution in [0.5, 0.6) is 0 Å². The third-order valence-electron chi connectivity index (χ3n) is 5.07. The Balaban J connectivity index is 1.53. The fraction of sp³-hybridized carbons (Fsp3) is 0.227. The van der Waals surface area contributed by atoms with Crippen molar-refractivity contribution in [2.24, 2.45) is 0 Å². The van der Waals surface area contributed by atoms with Crippen LogP contribution in [0.3, 0.4) is 0 Å². The molecule has 2 heterocycles. The molecule has 1 aromatic carbocycles. The number of pyridine rings is 1. The average molecular weight is 400 g/mol. The molecule has 30 heavy (non-hydrogen) atoms. The van der Waals surface area contributed by atoms with Gasteiger partial charge in [-0.05, 0) is 42.2 Å². The molecular weight excluding hydrogens is 380 g/mol. The number of nitriles is 1. The first-order valence-corrected chi connectivity index (χ1v) is 9.61. The van der Waals surface area contributed by atoms with Gasteiger partial charge in [-0.2, -0.15) is 10.4 Å². The van der Waals surface area contributed by atoms with E-state index >= 15 is 0 Å². The first-order chi connectivity index (χ1) is 14.6. The molecule has 1 atom stereocenters. The standard InChI is InChI=1S/C22H20N6O2/c23-14-22(6-7-22)28-21(30)19(9-15-3-2-8-24-11-15)27-20(29)17-5-1-4-16(10-17)18-12-25-26-13-18/h1-5,8,10-13,19H,6-7,9H2,(H,25,26)(H,27,29)(H,28,30)/t19-/m0/s1. The van der Waals surface area contributed by atoms with E-state index in [1.807, 2.05) is 12.1 Å². The van der Waals surface area contributed by atoms with Crippen molar-refractivity contribution < 1.29 is 9.59 Å². The van der Waals surface area contributed by atoms with Crippen molar-refractivity contribution in [2.75, 3.05) is 0 Å². The highest BCUT2D eigenvalue weighted by atomic mass is 16.2. The monoisotopic (exact) mass is 400 g/mol. The van der Waals surface area contributed by atoms with Gasteiger partial charge in [0, 0.05) is 36.1 Å². The molecular formula is C22H20N6O2. The summed E-state index contributed by atoms with van der Waals surface area (Å²) in [5, 5.41) is 21.6. The number of nitrogens with one attached hydrogen (secondary N) is 3. The lowest BCUT2D eigenvalue weighted by atomic mass is 10.0. The molecule has 4 rings (SSSR count). The van der Waals surface area contributed by atoms with E-state index in [1.54, 1.807) is 49.1 Å². The number of aromatic amines is 1. The molecule has 2 amide bonds. The highest BCUT2D eigenvalue weighted by Gasteiger charge is 2.45. The minimum atomic E-state index is -0.829. The van der Waals surface area contributed by atoms with Gasteiger partial charge >= 0.3 is 0 Å². The maximum Gasteiger partial charge on any atom is 0.251 e. The number of nitrogens with zero attached hydrogens (tertiary/aromatic N) is 3. The Morgan fingerprint density at radius 2 is 2.07 bits per heavy atom. The fourth-order valence-electron chi connectivity index (χ4n) is 3.17. The van der Waals surface area contributed by atoms with E-state index < -0.39 is 11.6 Å². The van der Waals surface area contributed by atoms with Crippen LogP contribution in [0.1, 0.15) is 28.8 Å². The van der Waals surface area contributed by atoms with Crippen molar-refractivity contribution >= 4 is 11.8 Å². The van der Waals surface area contributed by atoms with Crippen molar-refractivity contribution in [1.82, 2.24) is 25.8 Å². The maximum atomic E-state index is 12.9. The Hall–Kier alpha value is -3.99. The summed E-state index contributed by atoms with van der Waals surface area (Å²) in [5.74, 6) is -0.747. The Labute approximate surface area is 173 Å². The highest BCUT2D eigenvalue weighted by molar-refractivity contribution is 5.98. The third-order valence-corrected chi connectivity index (χ3v) is 5.07. The number of benzene rings is 1. The molecule has 0 aliphatic heterocycles. The Morgan fingerprint density at radius 3 is 2.73 bits per heavy atom. The molecule has 0 spiro atoms. The summed E-state index contributed by atoms with van der Waals surface area (Å²) < 4.78 is 0. The molecule has 2 aromatic heterocycles. The molecule has 150 valence electrons. The van der Waals surface area contributed by atoms with E-state index in [1.165, 1.54) is 0 Å². The van der Waals surface area contributed by atoms with E-state index in [4.69, 9.17) is 0 Å². The van der Waals surface area contributed by atoms with Crippen LogP contribution in [-0.4, -0.2) is 38.6 Å². The zero-order valence-corrected chi connectivity index (χ0v) is 16.1. The zero-order valence-electron chi connectivity index (χ0n) is 16.1. The first kappa shape index (κ1) is 19.3. The Bertz CT molecular complexity index is 1080. The fourth-order valence-corrected chi connectivity index (χ4v) is 3.17. The molecule has 8 heteroatoms. The quantitative estimate of drug-likeness (QED) is 0.560. The lowest BCUT2D eigenvalue weighted by molar-refractivity contribution is -0.123. The van der Waals surface area contributed by atoms with E-state index in [0.717, 1.165) is 16.7 Å². The summed E-state index contributed by atoms with van der Waals surface area (Å²) >= 11 is 0. The first-order valence-electron chi connectivity index (χ1n) is 9.61. The number of H-pyrrole nitrogens is 1. The Kier molecular flexibility index (Phi) is 5.26. The van der Waals surface area contributed by atoms with Crippen molar-refractivity contribution in [2.45, 2.75) is 30.8 Å². The van der Waals surface area contributed by atoms with Crippen molar-refractivity contribution in [1.29, 1.82) is 5.26 Å². The molecule has 1 aliphatic rings. The van der Waals surface area contributed by atoms with Gasteiger partial charge in [0.15, 0.2) is 0 Å². The highest BCUT2D eigenvalue weighted by Crippen LogP contribution is 2.34. The minimum absolute atomic E-state index is 0.272. The van der Waals surface area contributed by atoms with Crippen LogP contribution in [0.15, 0.2) is 61.2 Å². The second-order valence-electron chi connectivity index (χ2n) is 7.34. The molecule has 1 aliphatic carbocycles. The van der Waals surface area contributed by atoms with Gasteiger partial charge in [-0.25, -0.2) is 0 Å². The van der Waals surface area contributed by atoms with E-state index in [2.05, 4.69) is 31.9 Å². The van der Waals surface area contributed by atoms with Gasteiger partial charge < -0.3 is 10.6 Å². The van der Waals surface area contributed by atoms with E-state index in [9.17, 15) is 14.9 Å². The molecule has 0 unspecified atom stereocenters. The van der Waals surface area contributed by atoms with Crippen LogP contribution in [-0.2, 0) is 11.2 Å². The summed E-state index contributed by atoms with van der Waals surface area (Å²) in [7, 11) is 0. The van der Waals surface area contributed by atoms with Crippen LogP contribution in [0.2, 0.25) is 0 Å². The molecule has 0 bridgehead atoms. The van der Waals surface area contributed by atoms with Crippen LogP contribution < -0.4 is 10.6 Å². The van der Waals surface area contributed by atoms with Gasteiger partial charge in [0.2, 0.25) is 5.91 Å². The SMILES string of the molecule is N#CC1(NC(=O)[C@H](Cc2cccnc2)NC(=O)c2cccc(-c3cn[nH]c3)c2)CC1.